The Bertz CT molecular complexity index is 779. The first-order valence-electron chi connectivity index (χ1n) is 9.48. The molecule has 2 saturated heterocycles. The van der Waals surface area contributed by atoms with Gasteiger partial charge in [0.2, 0.25) is 5.91 Å². The molecular formula is C21H26N4O. The molecule has 1 atom stereocenters. The van der Waals surface area contributed by atoms with Crippen LogP contribution in [0.2, 0.25) is 0 Å². The van der Waals surface area contributed by atoms with E-state index in [0.717, 1.165) is 56.8 Å². The van der Waals surface area contributed by atoms with Crippen molar-refractivity contribution in [2.45, 2.75) is 39.3 Å². The van der Waals surface area contributed by atoms with Gasteiger partial charge in [0, 0.05) is 37.7 Å². The van der Waals surface area contributed by atoms with E-state index in [2.05, 4.69) is 27.0 Å². The Morgan fingerprint density at radius 3 is 2.73 bits per heavy atom. The van der Waals surface area contributed by atoms with Crippen LogP contribution in [0.15, 0.2) is 42.7 Å². The fourth-order valence-electron chi connectivity index (χ4n) is 4.41. The van der Waals surface area contributed by atoms with Crippen molar-refractivity contribution in [2.24, 2.45) is 5.41 Å². The molecule has 0 bridgehead atoms. The highest BCUT2D eigenvalue weighted by molar-refractivity contribution is 5.85. The van der Waals surface area contributed by atoms with Crippen molar-refractivity contribution in [1.82, 2.24) is 19.8 Å². The third kappa shape index (κ3) is 3.49. The zero-order valence-corrected chi connectivity index (χ0v) is 15.4. The van der Waals surface area contributed by atoms with Gasteiger partial charge in [-0.05, 0) is 62.6 Å². The maximum atomic E-state index is 13.2. The van der Waals surface area contributed by atoms with Gasteiger partial charge in [-0.3, -0.25) is 19.7 Å². The maximum Gasteiger partial charge on any atom is 0.230 e. The smallest absolute Gasteiger partial charge is 0.230 e. The summed E-state index contributed by atoms with van der Waals surface area (Å²) in [5, 5.41) is 0. The molecule has 2 aromatic heterocycles. The highest BCUT2D eigenvalue weighted by Crippen LogP contribution is 2.40. The second-order valence-electron chi connectivity index (χ2n) is 7.70. The van der Waals surface area contributed by atoms with Crippen molar-refractivity contribution in [1.29, 1.82) is 0 Å². The molecular weight excluding hydrogens is 324 g/mol. The van der Waals surface area contributed by atoms with E-state index in [1.807, 2.05) is 42.4 Å². The first-order valence-corrected chi connectivity index (χ1v) is 9.48. The Balaban J connectivity index is 1.44. The average molecular weight is 350 g/mol. The summed E-state index contributed by atoms with van der Waals surface area (Å²) >= 11 is 0. The summed E-state index contributed by atoms with van der Waals surface area (Å²) < 4.78 is 0. The van der Waals surface area contributed by atoms with Gasteiger partial charge in [0.1, 0.15) is 0 Å². The molecule has 0 N–H and O–H groups in total. The first-order chi connectivity index (χ1) is 12.6. The number of likely N-dealkylation sites (tertiary alicyclic amines) is 2. The van der Waals surface area contributed by atoms with Gasteiger partial charge in [0.15, 0.2) is 0 Å². The number of nitrogens with zero attached hydrogens (tertiary/aromatic N) is 4. The van der Waals surface area contributed by atoms with Gasteiger partial charge in [-0.25, -0.2) is 0 Å². The van der Waals surface area contributed by atoms with Gasteiger partial charge >= 0.3 is 0 Å². The summed E-state index contributed by atoms with van der Waals surface area (Å²) in [6, 6.07) is 10.2. The molecule has 4 heterocycles. The van der Waals surface area contributed by atoms with E-state index in [1.165, 1.54) is 5.56 Å². The Hall–Kier alpha value is -2.27. The molecule has 0 saturated carbocycles. The van der Waals surface area contributed by atoms with Crippen LogP contribution in [-0.4, -0.2) is 45.3 Å². The van der Waals surface area contributed by atoms with Gasteiger partial charge in [-0.1, -0.05) is 6.07 Å². The Kier molecular flexibility index (Phi) is 4.72. The lowest BCUT2D eigenvalue weighted by Gasteiger charge is -2.39. The van der Waals surface area contributed by atoms with Crippen LogP contribution in [-0.2, 0) is 17.9 Å². The van der Waals surface area contributed by atoms with Crippen molar-refractivity contribution in [2.75, 3.05) is 19.6 Å². The Morgan fingerprint density at radius 1 is 1.08 bits per heavy atom. The molecule has 2 aliphatic heterocycles. The van der Waals surface area contributed by atoms with Crippen molar-refractivity contribution in [3.05, 3.63) is 59.7 Å². The minimum Gasteiger partial charge on any atom is -0.336 e. The molecule has 4 rings (SSSR count). The van der Waals surface area contributed by atoms with E-state index in [4.69, 9.17) is 0 Å². The highest BCUT2D eigenvalue weighted by atomic mass is 16.2. The number of hydrogen-bond acceptors (Lipinski definition) is 4. The molecule has 5 heteroatoms. The zero-order valence-electron chi connectivity index (χ0n) is 15.4. The molecule has 1 amide bonds. The molecule has 1 spiro atoms. The fourth-order valence-corrected chi connectivity index (χ4v) is 4.41. The Labute approximate surface area is 155 Å². The van der Waals surface area contributed by atoms with Crippen molar-refractivity contribution >= 4 is 5.91 Å². The average Bonchev–Trinajstić information content (AvgIpc) is 2.92. The molecule has 0 radical (unpaired) electrons. The third-order valence-corrected chi connectivity index (χ3v) is 5.71. The summed E-state index contributed by atoms with van der Waals surface area (Å²) in [6.07, 6.45) is 6.74. The fraction of sp³-hybridized carbons (Fsp3) is 0.476. The van der Waals surface area contributed by atoms with Crippen LogP contribution >= 0.6 is 0 Å². The number of rotatable bonds is 4. The molecule has 2 aromatic rings. The van der Waals surface area contributed by atoms with Crippen LogP contribution in [0.5, 0.6) is 0 Å². The largest absolute Gasteiger partial charge is 0.336 e. The van der Waals surface area contributed by atoms with Gasteiger partial charge in [-0.2, -0.15) is 0 Å². The van der Waals surface area contributed by atoms with Crippen LogP contribution in [0.1, 0.15) is 36.2 Å². The van der Waals surface area contributed by atoms with Crippen LogP contribution in [0, 0.1) is 12.3 Å². The molecule has 0 aliphatic carbocycles. The quantitative estimate of drug-likeness (QED) is 0.851. The summed E-state index contributed by atoms with van der Waals surface area (Å²) in [5.41, 5.74) is 3.06. The van der Waals surface area contributed by atoms with Crippen LogP contribution in [0.3, 0.4) is 0 Å². The zero-order chi connectivity index (χ0) is 18.0. The van der Waals surface area contributed by atoms with Crippen LogP contribution in [0.25, 0.3) is 0 Å². The van der Waals surface area contributed by atoms with Crippen molar-refractivity contribution in [3.63, 3.8) is 0 Å². The SMILES string of the molecule is Cc1cccc(CN2CC[C@]3(CCCN(Cc4ccncc4)C3)C2=O)n1. The minimum atomic E-state index is -0.199. The van der Waals surface area contributed by atoms with Gasteiger partial charge in [0.05, 0.1) is 17.7 Å². The number of carbonyl (C=O) groups is 1. The van der Waals surface area contributed by atoms with E-state index in [-0.39, 0.29) is 5.41 Å². The van der Waals surface area contributed by atoms with Crippen LogP contribution in [0.4, 0.5) is 0 Å². The van der Waals surface area contributed by atoms with Crippen molar-refractivity contribution < 1.29 is 4.79 Å². The van der Waals surface area contributed by atoms with E-state index >= 15 is 0 Å². The molecule has 2 fully saturated rings. The molecule has 136 valence electrons. The number of carbonyl (C=O) groups excluding carboxylic acids is 1. The van der Waals surface area contributed by atoms with E-state index in [9.17, 15) is 4.79 Å². The standard InChI is InChI=1S/C21H26N4O/c1-17-4-2-5-19(23-17)15-25-13-9-21(20(25)26)8-3-12-24(16-21)14-18-6-10-22-11-7-18/h2,4-7,10-11H,3,8-9,12-16H2,1H3/t21-/m0/s1. The number of aromatic nitrogens is 2. The number of amides is 1. The number of piperidine rings is 1. The molecule has 2 aliphatic rings. The molecule has 0 unspecified atom stereocenters. The second-order valence-corrected chi connectivity index (χ2v) is 7.70. The maximum absolute atomic E-state index is 13.2. The summed E-state index contributed by atoms with van der Waals surface area (Å²) in [4.78, 5) is 26.3. The predicted molar refractivity (Wildman–Crippen MR) is 100 cm³/mol. The second kappa shape index (κ2) is 7.16. The number of aryl methyl sites for hydroxylation is 1. The Morgan fingerprint density at radius 2 is 1.92 bits per heavy atom. The van der Waals surface area contributed by atoms with Crippen molar-refractivity contribution in [3.8, 4) is 0 Å². The van der Waals surface area contributed by atoms with Crippen LogP contribution < -0.4 is 0 Å². The normalized spacial score (nSPS) is 23.7. The lowest BCUT2D eigenvalue weighted by molar-refractivity contribution is -0.139. The summed E-state index contributed by atoms with van der Waals surface area (Å²) in [5.74, 6) is 0.320. The van der Waals surface area contributed by atoms with Gasteiger partial charge in [0.25, 0.3) is 0 Å². The van der Waals surface area contributed by atoms with Gasteiger partial charge in [-0.15, -0.1) is 0 Å². The molecule has 26 heavy (non-hydrogen) atoms. The van der Waals surface area contributed by atoms with E-state index < -0.39 is 0 Å². The van der Waals surface area contributed by atoms with Gasteiger partial charge < -0.3 is 4.90 Å². The highest BCUT2D eigenvalue weighted by Gasteiger charge is 2.48. The molecule has 0 aromatic carbocycles. The molecule has 5 nitrogen and oxygen atoms in total. The first kappa shape index (κ1) is 17.2. The van der Waals surface area contributed by atoms with E-state index in [0.29, 0.717) is 12.5 Å². The predicted octanol–water partition coefficient (Wildman–Crippen LogP) is 2.80. The monoisotopic (exact) mass is 350 g/mol. The van der Waals surface area contributed by atoms with E-state index in [1.54, 1.807) is 0 Å². The lowest BCUT2D eigenvalue weighted by Crippen LogP contribution is -2.47. The summed E-state index contributed by atoms with van der Waals surface area (Å²) in [7, 11) is 0. The summed E-state index contributed by atoms with van der Waals surface area (Å²) in [6.45, 7) is 6.30. The number of hydrogen-bond donors (Lipinski definition) is 0. The third-order valence-electron chi connectivity index (χ3n) is 5.71. The number of pyridine rings is 2. The topological polar surface area (TPSA) is 49.3 Å². The lowest BCUT2D eigenvalue weighted by atomic mass is 9.78. The minimum absolute atomic E-state index is 0.199.